The van der Waals surface area contributed by atoms with Gasteiger partial charge >= 0.3 is 0 Å². The monoisotopic (exact) mass is 148 g/mol. The predicted molar refractivity (Wildman–Crippen MR) is 49.1 cm³/mol. The van der Waals surface area contributed by atoms with E-state index >= 15 is 0 Å². The summed E-state index contributed by atoms with van der Waals surface area (Å²) in [5.74, 6) is 0. The zero-order valence-corrected chi connectivity index (χ0v) is 7.60. The first-order chi connectivity index (χ1) is 5.11. The molecule has 59 valence electrons. The molecule has 0 spiro atoms. The van der Waals surface area contributed by atoms with Gasteiger partial charge in [-0.05, 0) is 37.1 Å². The molecule has 1 aromatic rings. The van der Waals surface area contributed by atoms with Crippen LogP contribution in [0.5, 0.6) is 0 Å². The lowest BCUT2D eigenvalue weighted by atomic mass is 10.1. The summed E-state index contributed by atoms with van der Waals surface area (Å²) in [5, 5.41) is 0. The number of hydrogen-bond acceptors (Lipinski definition) is 1. The molecule has 0 saturated carbocycles. The minimum Gasteiger partial charge on any atom is -0.377 e. The van der Waals surface area contributed by atoms with Crippen LogP contribution in [-0.2, 0) is 0 Å². The molecule has 0 heterocycles. The van der Waals surface area contributed by atoms with Crippen LogP contribution in [0, 0.1) is 19.9 Å². The molecule has 0 bridgehead atoms. The van der Waals surface area contributed by atoms with Gasteiger partial charge < -0.3 is 4.90 Å². The number of nitrogens with zero attached hydrogens (tertiary/aromatic N) is 1. The highest BCUT2D eigenvalue weighted by Gasteiger charge is 1.96. The van der Waals surface area contributed by atoms with Crippen LogP contribution in [0.3, 0.4) is 0 Å². The van der Waals surface area contributed by atoms with Gasteiger partial charge in [0.1, 0.15) is 0 Å². The molecule has 0 atom stereocenters. The second-order valence-corrected chi connectivity index (χ2v) is 3.08. The Kier molecular flexibility index (Phi) is 2.18. The third kappa shape index (κ3) is 1.73. The number of hydrogen-bond donors (Lipinski definition) is 0. The van der Waals surface area contributed by atoms with E-state index in [4.69, 9.17) is 0 Å². The van der Waals surface area contributed by atoms with Gasteiger partial charge in [-0.2, -0.15) is 0 Å². The lowest BCUT2D eigenvalue weighted by Gasteiger charge is -2.13. The third-order valence-electron chi connectivity index (χ3n) is 1.89. The quantitative estimate of drug-likeness (QED) is 0.590. The van der Waals surface area contributed by atoms with Gasteiger partial charge in [0.05, 0.1) is 0 Å². The van der Waals surface area contributed by atoms with Gasteiger partial charge in [0.2, 0.25) is 0 Å². The van der Waals surface area contributed by atoms with Crippen molar-refractivity contribution in [3.8, 4) is 0 Å². The van der Waals surface area contributed by atoms with Crippen molar-refractivity contribution in [2.75, 3.05) is 19.0 Å². The number of anilines is 1. The molecule has 1 rings (SSSR count). The Morgan fingerprint density at radius 2 is 1.82 bits per heavy atom. The highest BCUT2D eigenvalue weighted by Crippen LogP contribution is 2.15. The molecule has 1 heteroatoms. The maximum Gasteiger partial charge on any atom is 0.0444 e. The van der Waals surface area contributed by atoms with Crippen LogP contribution in [0.2, 0.25) is 0 Å². The Hall–Kier alpha value is -0.980. The molecule has 11 heavy (non-hydrogen) atoms. The van der Waals surface area contributed by atoms with Gasteiger partial charge in [0.15, 0.2) is 0 Å². The Balaban J connectivity index is 3.05. The van der Waals surface area contributed by atoms with Gasteiger partial charge in [0.25, 0.3) is 0 Å². The normalized spacial score (nSPS) is 9.82. The fourth-order valence-corrected chi connectivity index (χ4v) is 0.915. The molecule has 0 unspecified atom stereocenters. The molecule has 0 aliphatic carbocycles. The van der Waals surface area contributed by atoms with E-state index in [9.17, 15) is 0 Å². The fourth-order valence-electron chi connectivity index (χ4n) is 0.915. The van der Waals surface area contributed by atoms with E-state index in [1.165, 1.54) is 11.1 Å². The Labute approximate surface area is 68.7 Å². The summed E-state index contributed by atoms with van der Waals surface area (Å²) in [6, 6.07) is 7.38. The average Bonchev–Trinajstić information content (AvgIpc) is 1.94. The van der Waals surface area contributed by atoms with Gasteiger partial charge in [-0.1, -0.05) is 0 Å². The van der Waals surface area contributed by atoms with Gasteiger partial charge in [-0.15, -0.1) is 0 Å². The highest BCUT2D eigenvalue weighted by molar-refractivity contribution is 5.48. The summed E-state index contributed by atoms with van der Waals surface area (Å²) in [7, 11) is 4.06. The zero-order chi connectivity index (χ0) is 8.43. The van der Waals surface area contributed by atoms with Crippen LogP contribution >= 0.6 is 0 Å². The largest absolute Gasteiger partial charge is 0.377 e. The average molecular weight is 148 g/mol. The van der Waals surface area contributed by atoms with Crippen molar-refractivity contribution in [2.24, 2.45) is 0 Å². The summed E-state index contributed by atoms with van der Waals surface area (Å²) < 4.78 is 0. The molecular weight excluding hydrogens is 134 g/mol. The Morgan fingerprint density at radius 3 is 2.27 bits per heavy atom. The first kappa shape index (κ1) is 8.12. The first-order valence-corrected chi connectivity index (χ1v) is 3.77. The van der Waals surface area contributed by atoms with Gasteiger partial charge in [-0.25, -0.2) is 0 Å². The second kappa shape index (κ2) is 2.95. The van der Waals surface area contributed by atoms with E-state index < -0.39 is 0 Å². The lowest BCUT2D eigenvalue weighted by Crippen LogP contribution is -2.08. The fraction of sp³-hybridized carbons (Fsp3) is 0.400. The molecule has 1 aromatic carbocycles. The molecule has 0 amide bonds. The molecule has 1 nitrogen and oxygen atoms in total. The predicted octanol–water partition coefficient (Wildman–Crippen LogP) is 2.17. The molecule has 0 N–H and O–H groups in total. The van der Waals surface area contributed by atoms with Crippen molar-refractivity contribution in [1.29, 1.82) is 0 Å². The maximum atomic E-state index is 3.20. The van der Waals surface area contributed by atoms with E-state index in [2.05, 4.69) is 30.9 Å². The molecule has 0 saturated heterocycles. The summed E-state index contributed by atoms with van der Waals surface area (Å²) in [5.41, 5.74) is 3.77. The van der Waals surface area contributed by atoms with Crippen LogP contribution in [0.15, 0.2) is 12.1 Å². The maximum absolute atomic E-state index is 3.20. The molecular formula is C10H14N. The Bertz CT molecular complexity index is 251. The summed E-state index contributed by atoms with van der Waals surface area (Å²) in [6.45, 7) is 4.22. The molecule has 0 aromatic heterocycles. The Morgan fingerprint density at radius 1 is 1.18 bits per heavy atom. The van der Waals surface area contributed by atoms with Crippen molar-refractivity contribution in [3.63, 3.8) is 0 Å². The second-order valence-electron chi connectivity index (χ2n) is 3.08. The highest BCUT2D eigenvalue weighted by atomic mass is 15.1. The van der Waals surface area contributed by atoms with Crippen molar-refractivity contribution in [3.05, 3.63) is 29.3 Å². The number of benzene rings is 1. The number of rotatable bonds is 1. The zero-order valence-electron chi connectivity index (χ0n) is 7.60. The van der Waals surface area contributed by atoms with E-state index in [1.807, 2.05) is 20.2 Å². The van der Waals surface area contributed by atoms with Gasteiger partial charge in [-0.3, -0.25) is 0 Å². The van der Waals surface area contributed by atoms with Crippen LogP contribution < -0.4 is 4.90 Å². The summed E-state index contributed by atoms with van der Waals surface area (Å²) >= 11 is 0. The van der Waals surface area contributed by atoms with Crippen LogP contribution in [0.25, 0.3) is 0 Å². The van der Waals surface area contributed by atoms with Crippen molar-refractivity contribution in [1.82, 2.24) is 0 Å². The van der Waals surface area contributed by atoms with E-state index in [0.717, 1.165) is 5.69 Å². The summed E-state index contributed by atoms with van der Waals surface area (Å²) in [6.07, 6.45) is 0. The van der Waals surface area contributed by atoms with E-state index in [-0.39, 0.29) is 0 Å². The topological polar surface area (TPSA) is 3.24 Å². The smallest absolute Gasteiger partial charge is 0.0444 e. The molecule has 0 aliphatic heterocycles. The third-order valence-corrected chi connectivity index (χ3v) is 1.89. The van der Waals surface area contributed by atoms with E-state index in [1.54, 1.807) is 0 Å². The number of aryl methyl sites for hydroxylation is 2. The minimum atomic E-state index is 1.15. The summed E-state index contributed by atoms with van der Waals surface area (Å²) in [4.78, 5) is 2.06. The standard InChI is InChI=1S/C10H14N/c1-8-5-6-10(11(3)4)7-9(8)2/h5,7H,1-4H3. The minimum absolute atomic E-state index is 1.15. The molecule has 1 radical (unpaired) electrons. The van der Waals surface area contributed by atoms with Crippen LogP contribution in [-0.4, -0.2) is 14.1 Å². The van der Waals surface area contributed by atoms with Crippen LogP contribution in [0.4, 0.5) is 5.69 Å². The molecule has 0 aliphatic rings. The van der Waals surface area contributed by atoms with E-state index in [0.29, 0.717) is 0 Å². The van der Waals surface area contributed by atoms with Crippen LogP contribution in [0.1, 0.15) is 11.1 Å². The molecule has 0 fully saturated rings. The van der Waals surface area contributed by atoms with Crippen molar-refractivity contribution in [2.45, 2.75) is 13.8 Å². The van der Waals surface area contributed by atoms with Crippen molar-refractivity contribution >= 4 is 5.69 Å². The first-order valence-electron chi connectivity index (χ1n) is 3.77. The van der Waals surface area contributed by atoms with Crippen molar-refractivity contribution < 1.29 is 0 Å². The lowest BCUT2D eigenvalue weighted by molar-refractivity contribution is 1.12. The van der Waals surface area contributed by atoms with Gasteiger partial charge in [0, 0.05) is 25.8 Å². The SMILES string of the molecule is Cc1c[c]c(N(C)C)cc1C.